The lowest BCUT2D eigenvalue weighted by molar-refractivity contribution is 0.283. The van der Waals surface area contributed by atoms with Crippen LogP contribution in [0.3, 0.4) is 0 Å². The molecule has 6 nitrogen and oxygen atoms in total. The van der Waals surface area contributed by atoms with Gasteiger partial charge in [0, 0.05) is 0 Å². The minimum Gasteiger partial charge on any atom is -0.465 e. The number of ether oxygens (including phenoxy) is 2. The second-order valence-corrected chi connectivity index (χ2v) is 5.01. The third-order valence-electron chi connectivity index (χ3n) is 3.53. The number of pyridine rings is 1. The van der Waals surface area contributed by atoms with E-state index in [2.05, 4.69) is 16.2 Å². The Bertz CT molecular complexity index is 858. The third-order valence-corrected chi connectivity index (χ3v) is 3.53. The van der Waals surface area contributed by atoms with Gasteiger partial charge in [-0.15, -0.1) is 5.10 Å². The van der Waals surface area contributed by atoms with Gasteiger partial charge in [0.2, 0.25) is 5.95 Å². The normalized spacial score (nSPS) is 17.4. The molecule has 0 bridgehead atoms. The standard InChI is InChI=1S/C16H14N4O2/c17-16-18-15-8-4-7-12(20(15)19-16)14-10-21-9-13(22-14)11-5-2-1-3-6-11/h1-2,4-5,7-10H,3,6H2,(H2,17,19). The molecule has 3 heterocycles. The number of rotatable bonds is 2. The Morgan fingerprint density at radius 1 is 1.18 bits per heavy atom. The second kappa shape index (κ2) is 5.07. The second-order valence-electron chi connectivity index (χ2n) is 5.01. The molecule has 110 valence electrons. The lowest BCUT2D eigenvalue weighted by Gasteiger charge is -2.19. The van der Waals surface area contributed by atoms with Crippen molar-refractivity contribution in [3.05, 3.63) is 66.0 Å². The largest absolute Gasteiger partial charge is 0.465 e. The van der Waals surface area contributed by atoms with Crippen LogP contribution in [-0.2, 0) is 9.47 Å². The maximum atomic E-state index is 5.99. The molecule has 0 radical (unpaired) electrons. The summed E-state index contributed by atoms with van der Waals surface area (Å²) in [6.45, 7) is 0. The van der Waals surface area contributed by atoms with Crippen molar-refractivity contribution in [1.82, 2.24) is 14.6 Å². The average molecular weight is 294 g/mol. The summed E-state index contributed by atoms with van der Waals surface area (Å²) in [6, 6.07) is 5.60. The number of anilines is 1. The highest BCUT2D eigenvalue weighted by atomic mass is 16.5. The number of nitrogens with zero attached hydrogens (tertiary/aromatic N) is 3. The van der Waals surface area contributed by atoms with Crippen LogP contribution < -0.4 is 5.73 Å². The van der Waals surface area contributed by atoms with E-state index in [1.807, 2.05) is 30.4 Å². The van der Waals surface area contributed by atoms with E-state index in [-0.39, 0.29) is 5.95 Å². The zero-order chi connectivity index (χ0) is 14.9. The first-order valence-corrected chi connectivity index (χ1v) is 7.02. The van der Waals surface area contributed by atoms with E-state index >= 15 is 0 Å². The smallest absolute Gasteiger partial charge is 0.240 e. The molecule has 0 amide bonds. The fourth-order valence-electron chi connectivity index (χ4n) is 2.49. The maximum Gasteiger partial charge on any atom is 0.240 e. The fourth-order valence-corrected chi connectivity index (χ4v) is 2.49. The average Bonchev–Trinajstić information content (AvgIpc) is 2.96. The summed E-state index contributed by atoms with van der Waals surface area (Å²) >= 11 is 0. The van der Waals surface area contributed by atoms with E-state index in [0.717, 1.165) is 24.1 Å². The third kappa shape index (κ3) is 2.14. The molecule has 2 aromatic heterocycles. The molecule has 0 spiro atoms. The molecule has 6 heteroatoms. The summed E-state index contributed by atoms with van der Waals surface area (Å²) in [6.07, 6.45) is 11.3. The molecular formula is C16H14N4O2. The van der Waals surface area contributed by atoms with Crippen molar-refractivity contribution in [2.45, 2.75) is 12.8 Å². The molecule has 22 heavy (non-hydrogen) atoms. The van der Waals surface area contributed by atoms with Crippen LogP contribution in [0.5, 0.6) is 0 Å². The van der Waals surface area contributed by atoms with Gasteiger partial charge in [0.1, 0.15) is 18.2 Å². The molecule has 0 unspecified atom stereocenters. The van der Waals surface area contributed by atoms with Gasteiger partial charge in [-0.05, 0) is 30.5 Å². The van der Waals surface area contributed by atoms with Crippen LogP contribution in [0.15, 0.2) is 60.3 Å². The summed E-state index contributed by atoms with van der Waals surface area (Å²) in [7, 11) is 0. The number of hydrogen-bond acceptors (Lipinski definition) is 5. The van der Waals surface area contributed by atoms with Gasteiger partial charge in [-0.25, -0.2) is 4.52 Å². The monoisotopic (exact) mass is 294 g/mol. The Morgan fingerprint density at radius 2 is 2.09 bits per heavy atom. The molecule has 2 aromatic rings. The molecule has 4 rings (SSSR count). The van der Waals surface area contributed by atoms with Crippen molar-refractivity contribution >= 4 is 17.4 Å². The van der Waals surface area contributed by atoms with Gasteiger partial charge >= 0.3 is 0 Å². The van der Waals surface area contributed by atoms with Crippen LogP contribution in [0.25, 0.3) is 11.4 Å². The number of allylic oxidation sites excluding steroid dienone is 4. The summed E-state index contributed by atoms with van der Waals surface area (Å²) in [5.41, 5.74) is 8.18. The Balaban J connectivity index is 1.69. The summed E-state index contributed by atoms with van der Waals surface area (Å²) in [5, 5.41) is 4.19. The van der Waals surface area contributed by atoms with Crippen molar-refractivity contribution in [2.75, 3.05) is 5.73 Å². The summed E-state index contributed by atoms with van der Waals surface area (Å²) < 4.78 is 13.1. The minimum absolute atomic E-state index is 0.223. The first kappa shape index (κ1) is 12.7. The van der Waals surface area contributed by atoms with Gasteiger partial charge in [0.25, 0.3) is 0 Å². The van der Waals surface area contributed by atoms with Crippen molar-refractivity contribution in [1.29, 1.82) is 0 Å². The first-order chi connectivity index (χ1) is 10.8. The molecule has 1 aliphatic carbocycles. The van der Waals surface area contributed by atoms with Gasteiger partial charge in [0.15, 0.2) is 17.2 Å². The SMILES string of the molecule is Nc1nc2cccc(C3=COC=C(C4=CC=CCC4)O3)n2n1. The Kier molecular flexibility index (Phi) is 2.93. The Morgan fingerprint density at radius 3 is 2.95 bits per heavy atom. The highest BCUT2D eigenvalue weighted by Crippen LogP contribution is 2.30. The van der Waals surface area contributed by atoms with Crippen LogP contribution in [0, 0.1) is 0 Å². The van der Waals surface area contributed by atoms with E-state index in [4.69, 9.17) is 15.2 Å². The van der Waals surface area contributed by atoms with Crippen molar-refractivity contribution in [2.24, 2.45) is 0 Å². The van der Waals surface area contributed by atoms with Crippen LogP contribution in [0.4, 0.5) is 5.95 Å². The molecule has 0 aromatic carbocycles. The first-order valence-electron chi connectivity index (χ1n) is 7.02. The highest BCUT2D eigenvalue weighted by molar-refractivity contribution is 5.62. The number of hydrogen-bond donors (Lipinski definition) is 1. The molecule has 0 fully saturated rings. The fraction of sp³-hybridized carbons (Fsp3) is 0.125. The van der Waals surface area contributed by atoms with E-state index in [1.165, 1.54) is 0 Å². The Labute approximate surface area is 126 Å². The lowest BCUT2D eigenvalue weighted by atomic mass is 10.0. The van der Waals surface area contributed by atoms with Crippen LogP contribution in [0.1, 0.15) is 18.5 Å². The summed E-state index contributed by atoms with van der Waals surface area (Å²) in [5.74, 6) is 1.51. The van der Waals surface area contributed by atoms with Gasteiger partial charge in [-0.2, -0.15) is 4.98 Å². The van der Waals surface area contributed by atoms with Crippen LogP contribution >= 0.6 is 0 Å². The van der Waals surface area contributed by atoms with Gasteiger partial charge in [-0.3, -0.25) is 0 Å². The zero-order valence-electron chi connectivity index (χ0n) is 11.8. The number of aromatic nitrogens is 3. The minimum atomic E-state index is 0.223. The molecule has 0 saturated carbocycles. The number of nitrogens with two attached hydrogens (primary N) is 1. The number of fused-ring (bicyclic) bond motifs is 1. The lowest BCUT2D eigenvalue weighted by Crippen LogP contribution is -2.07. The highest BCUT2D eigenvalue weighted by Gasteiger charge is 2.19. The van der Waals surface area contributed by atoms with Crippen molar-refractivity contribution in [3.8, 4) is 0 Å². The number of nitrogen functional groups attached to an aromatic ring is 1. The molecule has 0 saturated heterocycles. The Hall–Kier alpha value is -3.02. The topological polar surface area (TPSA) is 74.7 Å². The van der Waals surface area contributed by atoms with Gasteiger partial charge in [0.05, 0.1) is 0 Å². The van der Waals surface area contributed by atoms with Crippen molar-refractivity contribution in [3.63, 3.8) is 0 Å². The predicted molar refractivity (Wildman–Crippen MR) is 82.1 cm³/mol. The molecular weight excluding hydrogens is 280 g/mol. The van der Waals surface area contributed by atoms with E-state index in [1.54, 1.807) is 17.0 Å². The van der Waals surface area contributed by atoms with E-state index in [0.29, 0.717) is 17.2 Å². The zero-order valence-corrected chi connectivity index (χ0v) is 11.8. The quantitative estimate of drug-likeness (QED) is 0.921. The van der Waals surface area contributed by atoms with Crippen LogP contribution in [-0.4, -0.2) is 14.6 Å². The molecule has 2 aliphatic rings. The van der Waals surface area contributed by atoms with Crippen molar-refractivity contribution < 1.29 is 9.47 Å². The maximum absolute atomic E-state index is 5.99. The van der Waals surface area contributed by atoms with E-state index in [9.17, 15) is 0 Å². The molecule has 1 aliphatic heterocycles. The van der Waals surface area contributed by atoms with Gasteiger partial charge in [-0.1, -0.05) is 24.3 Å². The predicted octanol–water partition coefficient (Wildman–Crippen LogP) is 2.77. The van der Waals surface area contributed by atoms with Gasteiger partial charge < -0.3 is 15.2 Å². The summed E-state index contributed by atoms with van der Waals surface area (Å²) in [4.78, 5) is 4.15. The molecule has 2 N–H and O–H groups in total. The molecule has 0 atom stereocenters. The van der Waals surface area contributed by atoms with Crippen LogP contribution in [0.2, 0.25) is 0 Å². The van der Waals surface area contributed by atoms with E-state index < -0.39 is 0 Å².